The zero-order valence-electron chi connectivity index (χ0n) is 12.4. The first kappa shape index (κ1) is 17.8. The van der Waals surface area contributed by atoms with Crippen molar-refractivity contribution < 1.29 is 27.5 Å². The van der Waals surface area contributed by atoms with Crippen LogP contribution in [0.25, 0.3) is 0 Å². The number of benzene rings is 1. The largest absolute Gasteiger partial charge is 0.443 e. The van der Waals surface area contributed by atoms with Gasteiger partial charge in [0.2, 0.25) is 5.91 Å². The van der Waals surface area contributed by atoms with E-state index in [-0.39, 0.29) is 12.0 Å². The summed E-state index contributed by atoms with van der Waals surface area (Å²) in [6, 6.07) is 4.41. The third-order valence-electron chi connectivity index (χ3n) is 2.32. The van der Waals surface area contributed by atoms with E-state index < -0.39 is 29.3 Å². The van der Waals surface area contributed by atoms with Crippen molar-refractivity contribution in [3.8, 4) is 0 Å². The fourth-order valence-electron chi connectivity index (χ4n) is 1.51. The summed E-state index contributed by atoms with van der Waals surface area (Å²) in [5.74, 6) is -0.662. The van der Waals surface area contributed by atoms with Gasteiger partial charge in [0.15, 0.2) is 0 Å². The predicted octanol–water partition coefficient (Wildman–Crippen LogP) is 2.80. The molecular weight excluding hydrogens is 301 g/mol. The highest BCUT2D eigenvalue weighted by Crippen LogP contribution is 2.29. The summed E-state index contributed by atoms with van der Waals surface area (Å²) >= 11 is 0. The minimum Gasteiger partial charge on any atom is -0.443 e. The molecule has 1 rings (SSSR count). The first-order valence-electron chi connectivity index (χ1n) is 6.41. The molecule has 0 spiro atoms. The molecule has 0 radical (unpaired) electrons. The number of rotatable bonds is 2. The molecule has 0 unspecified atom stereocenters. The Labute approximate surface area is 125 Å². The Hall–Kier alpha value is -2.25. The standard InChI is InChI=1S/C14H17F3N2O3/c1-13(2,3)22-12(21)19-18-11(20)8-9-5-4-6-10(7-9)14(15,16)17/h4-7H,8H2,1-3H3,(H,18,20)(H,19,21). The summed E-state index contributed by atoms with van der Waals surface area (Å²) in [5.41, 5.74) is 2.71. The van der Waals surface area contributed by atoms with Crippen LogP contribution in [0.15, 0.2) is 24.3 Å². The molecule has 5 nitrogen and oxygen atoms in total. The maximum absolute atomic E-state index is 12.5. The second kappa shape index (κ2) is 6.67. The van der Waals surface area contributed by atoms with Gasteiger partial charge in [-0.3, -0.25) is 10.2 Å². The van der Waals surface area contributed by atoms with Crippen molar-refractivity contribution in [2.24, 2.45) is 0 Å². The van der Waals surface area contributed by atoms with E-state index in [1.807, 2.05) is 5.43 Å². The van der Waals surface area contributed by atoms with Crippen molar-refractivity contribution in [2.45, 2.75) is 39.0 Å². The summed E-state index contributed by atoms with van der Waals surface area (Å²) in [6.45, 7) is 4.95. The van der Waals surface area contributed by atoms with Crippen LogP contribution >= 0.6 is 0 Å². The monoisotopic (exact) mass is 318 g/mol. The average Bonchev–Trinajstić information content (AvgIpc) is 2.34. The number of hydrazine groups is 1. The highest BCUT2D eigenvalue weighted by atomic mass is 19.4. The number of ether oxygens (including phenoxy) is 1. The van der Waals surface area contributed by atoms with E-state index in [9.17, 15) is 22.8 Å². The van der Waals surface area contributed by atoms with Crippen molar-refractivity contribution in [1.82, 2.24) is 10.9 Å². The van der Waals surface area contributed by atoms with Crippen LogP contribution in [0.3, 0.4) is 0 Å². The second-order valence-corrected chi connectivity index (χ2v) is 5.55. The van der Waals surface area contributed by atoms with Gasteiger partial charge >= 0.3 is 12.3 Å². The van der Waals surface area contributed by atoms with Gasteiger partial charge < -0.3 is 4.74 Å². The molecule has 0 aliphatic carbocycles. The second-order valence-electron chi connectivity index (χ2n) is 5.55. The molecule has 0 aliphatic rings. The molecule has 0 atom stereocenters. The van der Waals surface area contributed by atoms with Crippen molar-refractivity contribution >= 4 is 12.0 Å². The van der Waals surface area contributed by atoms with E-state index in [0.717, 1.165) is 12.1 Å². The first-order valence-corrected chi connectivity index (χ1v) is 6.41. The van der Waals surface area contributed by atoms with Gasteiger partial charge in [-0.1, -0.05) is 18.2 Å². The zero-order chi connectivity index (χ0) is 17.0. The van der Waals surface area contributed by atoms with E-state index >= 15 is 0 Å². The Balaban J connectivity index is 2.54. The topological polar surface area (TPSA) is 67.4 Å². The number of amides is 2. The van der Waals surface area contributed by atoms with Gasteiger partial charge in [-0.25, -0.2) is 10.2 Å². The fraction of sp³-hybridized carbons (Fsp3) is 0.429. The van der Waals surface area contributed by atoms with Crippen molar-refractivity contribution in [3.63, 3.8) is 0 Å². The molecule has 2 N–H and O–H groups in total. The van der Waals surface area contributed by atoms with Gasteiger partial charge in [0.25, 0.3) is 0 Å². The molecule has 0 bridgehead atoms. The number of hydrogen-bond donors (Lipinski definition) is 2. The first-order chi connectivity index (χ1) is 9.97. The van der Waals surface area contributed by atoms with Crippen LogP contribution in [0.5, 0.6) is 0 Å². The average molecular weight is 318 g/mol. The summed E-state index contributed by atoms with van der Waals surface area (Å²) in [6.07, 6.45) is -5.63. The van der Waals surface area contributed by atoms with Gasteiger partial charge in [-0.15, -0.1) is 0 Å². The quantitative estimate of drug-likeness (QED) is 0.824. The van der Waals surface area contributed by atoms with E-state index in [4.69, 9.17) is 4.74 Å². The van der Waals surface area contributed by atoms with Crippen LogP contribution in [-0.4, -0.2) is 17.6 Å². The molecule has 0 aliphatic heterocycles. The van der Waals surface area contributed by atoms with E-state index in [1.165, 1.54) is 12.1 Å². The highest BCUT2D eigenvalue weighted by Gasteiger charge is 2.30. The van der Waals surface area contributed by atoms with Crippen molar-refractivity contribution in [2.75, 3.05) is 0 Å². The Morgan fingerprint density at radius 1 is 1.14 bits per heavy atom. The minimum absolute atomic E-state index is 0.179. The summed E-state index contributed by atoms with van der Waals surface area (Å²) in [7, 11) is 0. The lowest BCUT2D eigenvalue weighted by atomic mass is 10.1. The normalized spacial score (nSPS) is 11.7. The summed E-state index contributed by atoms with van der Waals surface area (Å²) in [5, 5.41) is 0. The molecule has 8 heteroatoms. The van der Waals surface area contributed by atoms with Gasteiger partial charge in [0, 0.05) is 0 Å². The maximum Gasteiger partial charge on any atom is 0.426 e. The van der Waals surface area contributed by atoms with Gasteiger partial charge in [0.05, 0.1) is 12.0 Å². The lowest BCUT2D eigenvalue weighted by Crippen LogP contribution is -2.44. The maximum atomic E-state index is 12.5. The zero-order valence-corrected chi connectivity index (χ0v) is 12.4. The number of carbonyl (C=O) groups is 2. The third kappa shape index (κ3) is 6.47. The van der Waals surface area contributed by atoms with Crippen molar-refractivity contribution in [1.29, 1.82) is 0 Å². The Morgan fingerprint density at radius 2 is 1.77 bits per heavy atom. The SMILES string of the molecule is CC(C)(C)OC(=O)NNC(=O)Cc1cccc(C(F)(F)F)c1. The highest BCUT2D eigenvalue weighted by molar-refractivity contribution is 5.81. The summed E-state index contributed by atoms with van der Waals surface area (Å²) < 4.78 is 42.5. The molecule has 1 aromatic rings. The van der Waals surface area contributed by atoms with E-state index in [0.29, 0.717) is 0 Å². The smallest absolute Gasteiger partial charge is 0.426 e. The molecule has 2 amide bonds. The van der Waals surface area contributed by atoms with Crippen LogP contribution < -0.4 is 10.9 Å². The Kier molecular flexibility index (Phi) is 5.40. The number of nitrogens with one attached hydrogen (secondary N) is 2. The van der Waals surface area contributed by atoms with Crippen LogP contribution in [0.1, 0.15) is 31.9 Å². The number of carbonyl (C=O) groups excluding carboxylic acids is 2. The van der Waals surface area contributed by atoms with E-state index in [2.05, 4.69) is 5.43 Å². The van der Waals surface area contributed by atoms with E-state index in [1.54, 1.807) is 20.8 Å². The molecule has 122 valence electrons. The number of halogens is 3. The van der Waals surface area contributed by atoms with Gasteiger partial charge in [0.1, 0.15) is 5.60 Å². The fourth-order valence-corrected chi connectivity index (χ4v) is 1.51. The molecule has 0 fully saturated rings. The Bertz CT molecular complexity index is 551. The third-order valence-corrected chi connectivity index (χ3v) is 2.32. The molecule has 0 saturated carbocycles. The van der Waals surface area contributed by atoms with Crippen LogP contribution in [0, 0.1) is 0 Å². The molecule has 22 heavy (non-hydrogen) atoms. The molecular formula is C14H17F3N2O3. The molecule has 0 heterocycles. The van der Waals surface area contributed by atoms with Crippen LogP contribution in [0.2, 0.25) is 0 Å². The van der Waals surface area contributed by atoms with Crippen molar-refractivity contribution in [3.05, 3.63) is 35.4 Å². The van der Waals surface area contributed by atoms with Crippen LogP contribution in [0.4, 0.5) is 18.0 Å². The number of alkyl halides is 3. The van der Waals surface area contributed by atoms with Gasteiger partial charge in [-0.2, -0.15) is 13.2 Å². The van der Waals surface area contributed by atoms with Crippen LogP contribution in [-0.2, 0) is 22.1 Å². The summed E-state index contributed by atoms with van der Waals surface area (Å²) in [4.78, 5) is 22.9. The Morgan fingerprint density at radius 3 is 2.32 bits per heavy atom. The molecule has 0 aromatic heterocycles. The predicted molar refractivity (Wildman–Crippen MR) is 72.7 cm³/mol. The van der Waals surface area contributed by atoms with Gasteiger partial charge in [-0.05, 0) is 32.4 Å². The molecule has 1 aromatic carbocycles. The number of hydrogen-bond acceptors (Lipinski definition) is 3. The lowest BCUT2D eigenvalue weighted by Gasteiger charge is -2.19. The lowest BCUT2D eigenvalue weighted by molar-refractivity contribution is -0.137. The minimum atomic E-state index is -4.47. The molecule has 0 saturated heterocycles.